The molecule has 0 spiro atoms. The van der Waals surface area contributed by atoms with Gasteiger partial charge in [-0.05, 0) is 31.7 Å². The van der Waals surface area contributed by atoms with Crippen LogP contribution >= 0.6 is 0 Å². The number of benzene rings is 1. The van der Waals surface area contributed by atoms with Crippen molar-refractivity contribution >= 4 is 15.7 Å². The normalized spacial score (nSPS) is 11.4. The first-order valence-electron chi connectivity index (χ1n) is 4.23. The number of hydrogen-bond acceptors (Lipinski definition) is 3. The molecule has 0 fully saturated rings. The lowest BCUT2D eigenvalue weighted by Crippen LogP contribution is -2.19. The quantitative estimate of drug-likeness (QED) is 0.787. The van der Waals surface area contributed by atoms with Gasteiger partial charge in [-0.15, -0.1) is 0 Å². The van der Waals surface area contributed by atoms with Crippen LogP contribution in [-0.4, -0.2) is 22.5 Å². The van der Waals surface area contributed by atoms with Gasteiger partial charge >= 0.3 is 0 Å². The molecule has 0 heterocycles. The van der Waals surface area contributed by atoms with E-state index in [0.29, 0.717) is 4.90 Å². The van der Waals surface area contributed by atoms with Gasteiger partial charge < -0.3 is 5.32 Å². The maximum Gasteiger partial charge on any atom is 0.240 e. The fourth-order valence-corrected chi connectivity index (χ4v) is 2.15. The highest BCUT2D eigenvalue weighted by atomic mass is 32.2. The lowest BCUT2D eigenvalue weighted by atomic mass is 10.2. The van der Waals surface area contributed by atoms with Gasteiger partial charge in [0.25, 0.3) is 0 Å². The Bertz CT molecular complexity index is 426. The maximum atomic E-state index is 11.6. The summed E-state index contributed by atoms with van der Waals surface area (Å²) >= 11 is 0. The van der Waals surface area contributed by atoms with Crippen LogP contribution in [0.2, 0.25) is 0 Å². The van der Waals surface area contributed by atoms with E-state index in [2.05, 4.69) is 10.0 Å². The fourth-order valence-electron chi connectivity index (χ4n) is 1.16. The largest absolute Gasteiger partial charge is 0.388 e. The summed E-state index contributed by atoms with van der Waals surface area (Å²) in [6.45, 7) is 1.77. The Labute approximate surface area is 84.4 Å². The highest BCUT2D eigenvalue weighted by Gasteiger charge is 2.14. The molecular formula is C9H14N2O2S. The smallest absolute Gasteiger partial charge is 0.240 e. The van der Waals surface area contributed by atoms with E-state index in [1.165, 1.54) is 7.05 Å². The monoisotopic (exact) mass is 214 g/mol. The Kier molecular flexibility index (Phi) is 3.13. The summed E-state index contributed by atoms with van der Waals surface area (Å²) in [6, 6.07) is 5.22. The molecule has 1 aromatic carbocycles. The molecule has 0 unspecified atom stereocenters. The van der Waals surface area contributed by atoms with Crippen LogP contribution in [0.4, 0.5) is 5.69 Å². The molecule has 2 N–H and O–H groups in total. The topological polar surface area (TPSA) is 58.2 Å². The summed E-state index contributed by atoms with van der Waals surface area (Å²) in [4.78, 5) is 0.312. The van der Waals surface area contributed by atoms with E-state index in [1.807, 2.05) is 6.07 Å². The third kappa shape index (κ3) is 2.05. The van der Waals surface area contributed by atoms with Gasteiger partial charge in [0.1, 0.15) is 0 Å². The first-order chi connectivity index (χ1) is 6.51. The van der Waals surface area contributed by atoms with Crippen LogP contribution in [0, 0.1) is 6.92 Å². The predicted molar refractivity (Wildman–Crippen MR) is 57.0 cm³/mol. The van der Waals surface area contributed by atoms with Gasteiger partial charge in [0, 0.05) is 12.7 Å². The van der Waals surface area contributed by atoms with Crippen LogP contribution in [0.15, 0.2) is 23.1 Å². The lowest BCUT2D eigenvalue weighted by Gasteiger charge is -2.08. The molecule has 0 aromatic heterocycles. The number of anilines is 1. The highest BCUT2D eigenvalue weighted by molar-refractivity contribution is 7.89. The molecular weight excluding hydrogens is 200 g/mol. The van der Waals surface area contributed by atoms with Gasteiger partial charge in [-0.1, -0.05) is 6.07 Å². The van der Waals surface area contributed by atoms with Crippen LogP contribution in [0.1, 0.15) is 5.56 Å². The minimum absolute atomic E-state index is 0.312. The van der Waals surface area contributed by atoms with Crippen molar-refractivity contribution < 1.29 is 8.42 Å². The molecule has 4 nitrogen and oxygen atoms in total. The zero-order valence-electron chi connectivity index (χ0n) is 8.46. The summed E-state index contributed by atoms with van der Waals surface area (Å²) in [6.07, 6.45) is 0. The van der Waals surface area contributed by atoms with E-state index >= 15 is 0 Å². The fraction of sp³-hybridized carbons (Fsp3) is 0.333. The summed E-state index contributed by atoms with van der Waals surface area (Å²) in [5.41, 5.74) is 1.52. The van der Waals surface area contributed by atoms with Crippen molar-refractivity contribution in [3.05, 3.63) is 23.8 Å². The number of hydrogen-bond donors (Lipinski definition) is 2. The molecule has 14 heavy (non-hydrogen) atoms. The van der Waals surface area contributed by atoms with Crippen molar-refractivity contribution in [1.29, 1.82) is 0 Å². The Morgan fingerprint density at radius 1 is 1.21 bits per heavy atom. The SMILES string of the molecule is CNc1ccc(C)c(S(=O)(=O)NC)c1. The Morgan fingerprint density at radius 2 is 1.86 bits per heavy atom. The lowest BCUT2D eigenvalue weighted by molar-refractivity contribution is 0.587. The van der Waals surface area contributed by atoms with E-state index < -0.39 is 10.0 Å². The highest BCUT2D eigenvalue weighted by Crippen LogP contribution is 2.19. The van der Waals surface area contributed by atoms with E-state index in [-0.39, 0.29) is 0 Å². The van der Waals surface area contributed by atoms with Crippen molar-refractivity contribution in [3.8, 4) is 0 Å². The molecule has 0 saturated carbocycles. The molecule has 0 saturated heterocycles. The van der Waals surface area contributed by atoms with Gasteiger partial charge in [-0.25, -0.2) is 13.1 Å². The van der Waals surface area contributed by atoms with Crippen molar-refractivity contribution in [3.63, 3.8) is 0 Å². The molecule has 1 aromatic rings. The van der Waals surface area contributed by atoms with Crippen LogP contribution in [0.3, 0.4) is 0 Å². The van der Waals surface area contributed by atoms with E-state index in [1.54, 1.807) is 26.1 Å². The first kappa shape index (κ1) is 11.0. The second-order valence-corrected chi connectivity index (χ2v) is 4.79. The molecule has 0 bridgehead atoms. The Hall–Kier alpha value is -1.07. The van der Waals surface area contributed by atoms with Gasteiger partial charge in [0.2, 0.25) is 10.0 Å². The molecule has 0 aliphatic carbocycles. The minimum Gasteiger partial charge on any atom is -0.388 e. The molecule has 0 aliphatic rings. The van der Waals surface area contributed by atoms with Gasteiger partial charge in [0.05, 0.1) is 4.90 Å². The molecule has 5 heteroatoms. The Morgan fingerprint density at radius 3 is 2.36 bits per heavy atom. The van der Waals surface area contributed by atoms with Gasteiger partial charge in [-0.3, -0.25) is 0 Å². The summed E-state index contributed by atoms with van der Waals surface area (Å²) in [5, 5.41) is 2.90. The first-order valence-corrected chi connectivity index (χ1v) is 5.71. The van der Waals surface area contributed by atoms with Crippen LogP contribution in [-0.2, 0) is 10.0 Å². The van der Waals surface area contributed by atoms with Crippen LogP contribution in [0.25, 0.3) is 0 Å². The molecule has 0 amide bonds. The van der Waals surface area contributed by atoms with E-state index in [4.69, 9.17) is 0 Å². The predicted octanol–water partition coefficient (Wildman–Crippen LogP) is 0.945. The average molecular weight is 214 g/mol. The van der Waals surface area contributed by atoms with E-state index in [9.17, 15) is 8.42 Å². The third-order valence-corrected chi connectivity index (χ3v) is 3.59. The zero-order chi connectivity index (χ0) is 10.8. The second kappa shape index (κ2) is 3.98. The van der Waals surface area contributed by atoms with Crippen molar-refractivity contribution in [2.45, 2.75) is 11.8 Å². The average Bonchev–Trinajstić information content (AvgIpc) is 2.18. The second-order valence-electron chi connectivity index (χ2n) is 2.94. The molecule has 1 rings (SSSR count). The Balaban J connectivity index is 3.33. The van der Waals surface area contributed by atoms with Crippen LogP contribution in [0.5, 0.6) is 0 Å². The number of aryl methyl sites for hydroxylation is 1. The number of rotatable bonds is 3. The number of nitrogens with one attached hydrogen (secondary N) is 2. The third-order valence-electron chi connectivity index (χ3n) is 2.04. The standard InChI is InChI=1S/C9H14N2O2S/c1-7-4-5-8(10-2)6-9(7)14(12,13)11-3/h4-6,10-11H,1-3H3. The van der Waals surface area contributed by atoms with Gasteiger partial charge in [-0.2, -0.15) is 0 Å². The van der Waals surface area contributed by atoms with E-state index in [0.717, 1.165) is 11.3 Å². The molecule has 78 valence electrons. The molecule has 0 atom stereocenters. The zero-order valence-corrected chi connectivity index (χ0v) is 9.27. The van der Waals surface area contributed by atoms with Crippen LogP contribution < -0.4 is 10.0 Å². The summed E-state index contributed by atoms with van der Waals surface area (Å²) in [5.74, 6) is 0. The molecule has 0 radical (unpaired) electrons. The minimum atomic E-state index is -3.35. The maximum absolute atomic E-state index is 11.6. The summed E-state index contributed by atoms with van der Waals surface area (Å²) < 4.78 is 25.4. The van der Waals surface area contributed by atoms with Crippen molar-refractivity contribution in [2.24, 2.45) is 0 Å². The van der Waals surface area contributed by atoms with Crippen molar-refractivity contribution in [1.82, 2.24) is 4.72 Å². The van der Waals surface area contributed by atoms with Crippen molar-refractivity contribution in [2.75, 3.05) is 19.4 Å². The molecule has 0 aliphatic heterocycles. The summed E-state index contributed by atoms with van der Waals surface area (Å²) in [7, 11) is -0.197. The number of sulfonamides is 1. The van der Waals surface area contributed by atoms with Gasteiger partial charge in [0.15, 0.2) is 0 Å².